The molecule has 2 N–H and O–H groups in total. The van der Waals surface area contributed by atoms with Crippen LogP contribution in [0.15, 0.2) is 24.3 Å². The molecular formula is C16H25NO3. The van der Waals surface area contributed by atoms with Crippen LogP contribution in [0.25, 0.3) is 0 Å². The van der Waals surface area contributed by atoms with E-state index in [0.29, 0.717) is 13.1 Å². The highest BCUT2D eigenvalue weighted by Crippen LogP contribution is 2.14. The molecule has 0 bridgehead atoms. The minimum atomic E-state index is -0.522. The molecule has 0 amide bonds. The van der Waals surface area contributed by atoms with Gasteiger partial charge in [0.25, 0.3) is 0 Å². The van der Waals surface area contributed by atoms with Gasteiger partial charge in [-0.05, 0) is 43.5 Å². The summed E-state index contributed by atoms with van der Waals surface area (Å²) in [5, 5.41) is 19.6. The third-order valence-electron chi connectivity index (χ3n) is 3.72. The maximum absolute atomic E-state index is 10.0. The number of benzene rings is 1. The standard InChI is InChI=1S/C16H25NO3/c1-2-13-5-7-16(8-6-13)20-12-15(19)11-17-9-3-4-14(18)10-17/h5-8,14-15,18-19H,2-4,9-12H2,1H3/t14-,15+/m0/s1. The molecule has 20 heavy (non-hydrogen) atoms. The molecule has 2 rings (SSSR count). The quantitative estimate of drug-likeness (QED) is 0.827. The van der Waals surface area contributed by atoms with Crippen molar-refractivity contribution in [3.05, 3.63) is 29.8 Å². The van der Waals surface area contributed by atoms with Crippen LogP contribution in [0.5, 0.6) is 5.75 Å². The molecule has 0 unspecified atom stereocenters. The van der Waals surface area contributed by atoms with Crippen molar-refractivity contribution in [1.82, 2.24) is 4.90 Å². The zero-order valence-electron chi connectivity index (χ0n) is 12.2. The number of aliphatic hydroxyl groups is 2. The Labute approximate surface area is 121 Å². The largest absolute Gasteiger partial charge is 0.491 e. The number of hydrogen-bond acceptors (Lipinski definition) is 4. The maximum atomic E-state index is 10.0. The van der Waals surface area contributed by atoms with Gasteiger partial charge >= 0.3 is 0 Å². The summed E-state index contributed by atoms with van der Waals surface area (Å²) in [5.74, 6) is 0.792. The highest BCUT2D eigenvalue weighted by molar-refractivity contribution is 5.27. The molecule has 1 aliphatic rings. The van der Waals surface area contributed by atoms with E-state index in [-0.39, 0.29) is 12.7 Å². The minimum Gasteiger partial charge on any atom is -0.491 e. The molecule has 112 valence electrons. The zero-order valence-corrected chi connectivity index (χ0v) is 12.2. The van der Waals surface area contributed by atoms with Crippen LogP contribution < -0.4 is 4.74 Å². The van der Waals surface area contributed by atoms with Crippen LogP contribution in [-0.4, -0.2) is 53.6 Å². The van der Waals surface area contributed by atoms with E-state index in [1.807, 2.05) is 24.3 Å². The summed E-state index contributed by atoms with van der Waals surface area (Å²) in [4.78, 5) is 2.10. The molecule has 1 aromatic rings. The number of hydrogen-bond donors (Lipinski definition) is 2. The Kier molecular flexibility index (Phi) is 5.83. The summed E-state index contributed by atoms with van der Waals surface area (Å²) in [7, 11) is 0. The normalized spacial score (nSPS) is 21.6. The van der Waals surface area contributed by atoms with Gasteiger partial charge in [-0.3, -0.25) is 4.90 Å². The predicted molar refractivity (Wildman–Crippen MR) is 79.0 cm³/mol. The number of nitrogens with zero attached hydrogens (tertiary/aromatic N) is 1. The Morgan fingerprint density at radius 3 is 2.75 bits per heavy atom. The predicted octanol–water partition coefficient (Wildman–Crippen LogP) is 1.45. The first kappa shape index (κ1) is 15.3. The molecule has 1 aromatic carbocycles. The molecule has 4 heteroatoms. The fourth-order valence-electron chi connectivity index (χ4n) is 2.56. The number of aryl methyl sites for hydroxylation is 1. The lowest BCUT2D eigenvalue weighted by molar-refractivity contribution is 0.0243. The van der Waals surface area contributed by atoms with Crippen LogP contribution in [0.1, 0.15) is 25.3 Å². The SMILES string of the molecule is CCc1ccc(OC[C@H](O)CN2CCC[C@H](O)C2)cc1. The monoisotopic (exact) mass is 279 g/mol. The van der Waals surface area contributed by atoms with Gasteiger partial charge in [-0.25, -0.2) is 0 Å². The van der Waals surface area contributed by atoms with E-state index in [1.54, 1.807) is 0 Å². The van der Waals surface area contributed by atoms with E-state index in [1.165, 1.54) is 5.56 Å². The summed E-state index contributed by atoms with van der Waals surface area (Å²) in [6.45, 7) is 4.57. The fraction of sp³-hybridized carbons (Fsp3) is 0.625. The van der Waals surface area contributed by atoms with Crippen molar-refractivity contribution in [1.29, 1.82) is 0 Å². The van der Waals surface area contributed by atoms with Gasteiger partial charge in [0.05, 0.1) is 6.10 Å². The zero-order chi connectivity index (χ0) is 14.4. The average Bonchev–Trinajstić information content (AvgIpc) is 2.46. The first-order valence-electron chi connectivity index (χ1n) is 7.47. The third kappa shape index (κ3) is 4.78. The van der Waals surface area contributed by atoms with Gasteiger partial charge in [0.2, 0.25) is 0 Å². The molecule has 0 aliphatic carbocycles. The van der Waals surface area contributed by atoms with Crippen molar-refractivity contribution < 1.29 is 14.9 Å². The van der Waals surface area contributed by atoms with Gasteiger partial charge in [-0.1, -0.05) is 19.1 Å². The summed E-state index contributed by atoms with van der Waals surface area (Å²) in [6.07, 6.45) is 2.10. The van der Waals surface area contributed by atoms with Gasteiger partial charge in [-0.2, -0.15) is 0 Å². The number of rotatable bonds is 6. The van der Waals surface area contributed by atoms with E-state index in [2.05, 4.69) is 11.8 Å². The van der Waals surface area contributed by atoms with Gasteiger partial charge in [0, 0.05) is 13.1 Å². The Morgan fingerprint density at radius 2 is 2.10 bits per heavy atom. The number of aliphatic hydroxyl groups excluding tert-OH is 2. The molecule has 1 saturated heterocycles. The Hall–Kier alpha value is -1.10. The summed E-state index contributed by atoms with van der Waals surface area (Å²) >= 11 is 0. The molecule has 4 nitrogen and oxygen atoms in total. The highest BCUT2D eigenvalue weighted by Gasteiger charge is 2.20. The summed E-state index contributed by atoms with van der Waals surface area (Å²) < 4.78 is 5.60. The van der Waals surface area contributed by atoms with Crippen LogP contribution in [0.4, 0.5) is 0 Å². The second-order valence-corrected chi connectivity index (χ2v) is 5.52. The van der Waals surface area contributed by atoms with Crippen molar-refractivity contribution in [3.63, 3.8) is 0 Å². The minimum absolute atomic E-state index is 0.251. The second-order valence-electron chi connectivity index (χ2n) is 5.52. The highest BCUT2D eigenvalue weighted by atomic mass is 16.5. The molecule has 0 aromatic heterocycles. The molecule has 1 heterocycles. The van der Waals surface area contributed by atoms with E-state index >= 15 is 0 Å². The fourth-order valence-corrected chi connectivity index (χ4v) is 2.56. The number of piperidine rings is 1. The lowest BCUT2D eigenvalue weighted by Crippen LogP contribution is -2.43. The third-order valence-corrected chi connectivity index (χ3v) is 3.72. The van der Waals surface area contributed by atoms with Crippen LogP contribution in [-0.2, 0) is 6.42 Å². The molecule has 1 aliphatic heterocycles. The smallest absolute Gasteiger partial charge is 0.119 e. The molecule has 0 saturated carbocycles. The van der Waals surface area contributed by atoms with Crippen molar-refractivity contribution in [2.45, 2.75) is 38.4 Å². The van der Waals surface area contributed by atoms with Crippen molar-refractivity contribution in [2.75, 3.05) is 26.2 Å². The maximum Gasteiger partial charge on any atom is 0.119 e. The molecule has 1 fully saturated rings. The van der Waals surface area contributed by atoms with Crippen LogP contribution in [0.3, 0.4) is 0 Å². The van der Waals surface area contributed by atoms with Gasteiger partial charge < -0.3 is 14.9 Å². The topological polar surface area (TPSA) is 52.9 Å². The number of ether oxygens (including phenoxy) is 1. The number of likely N-dealkylation sites (tertiary alicyclic amines) is 1. The Bertz CT molecular complexity index is 393. The van der Waals surface area contributed by atoms with Gasteiger partial charge in [0.15, 0.2) is 0 Å². The van der Waals surface area contributed by atoms with Crippen molar-refractivity contribution >= 4 is 0 Å². The number of β-amino-alcohol motifs (C(OH)–C–C–N with tert-alkyl or cyclic N) is 2. The Morgan fingerprint density at radius 1 is 1.35 bits per heavy atom. The first-order valence-corrected chi connectivity index (χ1v) is 7.47. The first-order chi connectivity index (χ1) is 9.67. The lowest BCUT2D eigenvalue weighted by atomic mass is 10.1. The molecule has 0 spiro atoms. The molecular weight excluding hydrogens is 254 g/mol. The van der Waals surface area contributed by atoms with Crippen LogP contribution in [0, 0.1) is 0 Å². The van der Waals surface area contributed by atoms with E-state index in [0.717, 1.165) is 31.6 Å². The van der Waals surface area contributed by atoms with Crippen LogP contribution >= 0.6 is 0 Å². The second kappa shape index (κ2) is 7.62. The van der Waals surface area contributed by atoms with Crippen molar-refractivity contribution in [3.8, 4) is 5.75 Å². The summed E-state index contributed by atoms with van der Waals surface area (Å²) in [6, 6.07) is 7.97. The van der Waals surface area contributed by atoms with Gasteiger partial charge in [0.1, 0.15) is 18.5 Å². The van der Waals surface area contributed by atoms with Gasteiger partial charge in [-0.15, -0.1) is 0 Å². The average molecular weight is 279 g/mol. The Balaban J connectivity index is 1.72. The van der Waals surface area contributed by atoms with Crippen molar-refractivity contribution in [2.24, 2.45) is 0 Å². The van der Waals surface area contributed by atoms with E-state index in [9.17, 15) is 10.2 Å². The molecule has 2 atom stereocenters. The van der Waals surface area contributed by atoms with Crippen LogP contribution in [0.2, 0.25) is 0 Å². The van der Waals surface area contributed by atoms with E-state index < -0.39 is 6.10 Å². The van der Waals surface area contributed by atoms with E-state index in [4.69, 9.17) is 4.74 Å². The lowest BCUT2D eigenvalue weighted by Gasteiger charge is -2.31. The molecule has 0 radical (unpaired) electrons. The summed E-state index contributed by atoms with van der Waals surface area (Å²) in [5.41, 5.74) is 1.28.